The molecule has 0 aliphatic carbocycles. The van der Waals surface area contributed by atoms with Crippen molar-refractivity contribution < 1.29 is 0 Å². The van der Waals surface area contributed by atoms with Crippen LogP contribution in [0.3, 0.4) is 0 Å². The minimum Gasteiger partial charge on any atom is -0.320 e. The van der Waals surface area contributed by atoms with E-state index >= 15 is 0 Å². The average molecular weight is 249 g/mol. The molecule has 0 aliphatic heterocycles. The van der Waals surface area contributed by atoms with Gasteiger partial charge in [0.1, 0.15) is 0 Å². The summed E-state index contributed by atoms with van der Waals surface area (Å²) in [6, 6.07) is 13.9. The largest absolute Gasteiger partial charge is 0.320 e. The van der Waals surface area contributed by atoms with Gasteiger partial charge in [0.2, 0.25) is 0 Å². The zero-order valence-electron chi connectivity index (χ0n) is 10.7. The van der Waals surface area contributed by atoms with Gasteiger partial charge in [0.25, 0.3) is 0 Å². The Hall–Kier alpha value is -2.26. The minimum atomic E-state index is -0.180. The molecule has 1 atom stereocenters. The molecule has 3 heteroatoms. The molecule has 2 N–H and O–H groups in total. The summed E-state index contributed by atoms with van der Waals surface area (Å²) < 4.78 is 0. The second-order valence-corrected chi connectivity index (χ2v) is 4.63. The molecule has 1 aromatic carbocycles. The number of pyridine rings is 2. The Morgan fingerprint density at radius 3 is 2.68 bits per heavy atom. The van der Waals surface area contributed by atoms with E-state index in [2.05, 4.69) is 22.1 Å². The molecule has 2 aromatic heterocycles. The first-order valence-corrected chi connectivity index (χ1v) is 6.27. The molecule has 0 saturated heterocycles. The van der Waals surface area contributed by atoms with Gasteiger partial charge in [-0.25, -0.2) is 0 Å². The predicted molar refractivity (Wildman–Crippen MR) is 76.7 cm³/mol. The molecular formula is C16H15N3. The van der Waals surface area contributed by atoms with Crippen molar-refractivity contribution in [3.8, 4) is 0 Å². The van der Waals surface area contributed by atoms with Crippen molar-refractivity contribution in [3.63, 3.8) is 0 Å². The molecule has 19 heavy (non-hydrogen) atoms. The first kappa shape index (κ1) is 11.8. The lowest BCUT2D eigenvalue weighted by Gasteiger charge is -2.14. The monoisotopic (exact) mass is 249 g/mol. The number of hydrogen-bond donors (Lipinski definition) is 1. The summed E-state index contributed by atoms with van der Waals surface area (Å²) in [5.74, 6) is 0. The number of nitrogens with two attached hydrogens (primary N) is 1. The van der Waals surface area contributed by atoms with Crippen LogP contribution in [0, 0.1) is 6.92 Å². The summed E-state index contributed by atoms with van der Waals surface area (Å²) in [5.41, 5.74) is 10.4. The Morgan fingerprint density at radius 1 is 1.00 bits per heavy atom. The Bertz CT molecular complexity index is 699. The first-order chi connectivity index (χ1) is 9.25. The summed E-state index contributed by atoms with van der Waals surface area (Å²) in [7, 11) is 0. The van der Waals surface area contributed by atoms with Crippen LogP contribution in [0.2, 0.25) is 0 Å². The summed E-state index contributed by atoms with van der Waals surface area (Å²) in [6.07, 6.45) is 3.64. The summed E-state index contributed by atoms with van der Waals surface area (Å²) >= 11 is 0. The lowest BCUT2D eigenvalue weighted by Crippen LogP contribution is -2.12. The second-order valence-electron chi connectivity index (χ2n) is 4.63. The zero-order valence-corrected chi connectivity index (χ0v) is 10.7. The van der Waals surface area contributed by atoms with Crippen LogP contribution < -0.4 is 5.73 Å². The molecule has 94 valence electrons. The molecule has 3 rings (SSSR count). The molecule has 0 fully saturated rings. The molecule has 0 radical (unpaired) electrons. The lowest BCUT2D eigenvalue weighted by atomic mass is 9.97. The second kappa shape index (κ2) is 4.78. The number of nitrogens with zero attached hydrogens (tertiary/aromatic N) is 2. The van der Waals surface area contributed by atoms with Crippen molar-refractivity contribution in [1.82, 2.24) is 9.97 Å². The van der Waals surface area contributed by atoms with E-state index in [4.69, 9.17) is 5.73 Å². The van der Waals surface area contributed by atoms with E-state index in [1.54, 1.807) is 6.20 Å². The molecule has 3 aromatic rings. The van der Waals surface area contributed by atoms with Crippen LogP contribution in [0.5, 0.6) is 0 Å². The highest BCUT2D eigenvalue weighted by Crippen LogP contribution is 2.25. The van der Waals surface area contributed by atoms with Gasteiger partial charge in [-0.05, 0) is 36.2 Å². The molecule has 0 spiro atoms. The quantitative estimate of drug-likeness (QED) is 0.759. The number of aryl methyl sites for hydroxylation is 1. The summed E-state index contributed by atoms with van der Waals surface area (Å²) in [4.78, 5) is 8.67. The van der Waals surface area contributed by atoms with Crippen molar-refractivity contribution in [3.05, 3.63) is 71.7 Å². The number of aromatic nitrogens is 2. The third kappa shape index (κ3) is 2.20. The molecule has 0 saturated carbocycles. The van der Waals surface area contributed by atoms with Gasteiger partial charge in [0.15, 0.2) is 0 Å². The number of benzene rings is 1. The maximum atomic E-state index is 6.36. The Labute approximate surface area is 112 Å². The molecule has 0 amide bonds. The Balaban J connectivity index is 2.11. The van der Waals surface area contributed by atoms with Crippen LogP contribution in [-0.4, -0.2) is 9.97 Å². The van der Waals surface area contributed by atoms with Crippen LogP contribution in [-0.2, 0) is 0 Å². The van der Waals surface area contributed by atoms with Crippen LogP contribution in [0.1, 0.15) is 22.9 Å². The maximum absolute atomic E-state index is 6.36. The van der Waals surface area contributed by atoms with E-state index in [1.165, 1.54) is 0 Å². The van der Waals surface area contributed by atoms with Gasteiger partial charge in [-0.15, -0.1) is 0 Å². The SMILES string of the molecule is Cc1ccc(C(N)c2cccc3ncccc23)cn1. The van der Waals surface area contributed by atoms with Gasteiger partial charge in [-0.1, -0.05) is 24.3 Å². The van der Waals surface area contributed by atoms with Gasteiger partial charge in [-0.2, -0.15) is 0 Å². The normalized spacial score (nSPS) is 12.5. The molecule has 3 nitrogen and oxygen atoms in total. The van der Waals surface area contributed by atoms with Gasteiger partial charge in [0, 0.05) is 23.5 Å². The topological polar surface area (TPSA) is 51.8 Å². The average Bonchev–Trinajstić information content (AvgIpc) is 2.47. The highest BCUT2D eigenvalue weighted by Gasteiger charge is 2.12. The zero-order chi connectivity index (χ0) is 13.2. The fraction of sp³-hybridized carbons (Fsp3) is 0.125. The van der Waals surface area contributed by atoms with Crippen LogP contribution in [0.4, 0.5) is 0 Å². The van der Waals surface area contributed by atoms with Crippen molar-refractivity contribution in [2.24, 2.45) is 5.73 Å². The fourth-order valence-electron chi connectivity index (χ4n) is 2.24. The standard InChI is InChI=1S/C16H15N3/c1-11-7-8-12(10-19-11)16(17)14-4-2-6-15-13(14)5-3-9-18-15/h2-10,16H,17H2,1H3. The molecule has 1 unspecified atom stereocenters. The fourth-order valence-corrected chi connectivity index (χ4v) is 2.24. The summed E-state index contributed by atoms with van der Waals surface area (Å²) in [6.45, 7) is 1.97. The molecule has 2 heterocycles. The van der Waals surface area contributed by atoms with E-state index in [1.807, 2.05) is 43.5 Å². The Kier molecular flexibility index (Phi) is 2.97. The van der Waals surface area contributed by atoms with Gasteiger partial charge in [-0.3, -0.25) is 9.97 Å². The minimum absolute atomic E-state index is 0.180. The highest BCUT2D eigenvalue weighted by atomic mass is 14.7. The van der Waals surface area contributed by atoms with E-state index < -0.39 is 0 Å². The van der Waals surface area contributed by atoms with Crippen LogP contribution >= 0.6 is 0 Å². The first-order valence-electron chi connectivity index (χ1n) is 6.27. The van der Waals surface area contributed by atoms with Crippen molar-refractivity contribution >= 4 is 10.9 Å². The van der Waals surface area contributed by atoms with Crippen molar-refractivity contribution in [1.29, 1.82) is 0 Å². The maximum Gasteiger partial charge on any atom is 0.0705 e. The van der Waals surface area contributed by atoms with E-state index in [-0.39, 0.29) is 6.04 Å². The Morgan fingerprint density at radius 2 is 1.89 bits per heavy atom. The van der Waals surface area contributed by atoms with E-state index in [0.717, 1.165) is 27.7 Å². The summed E-state index contributed by atoms with van der Waals surface area (Å²) in [5, 5.41) is 1.10. The van der Waals surface area contributed by atoms with E-state index in [9.17, 15) is 0 Å². The molecular weight excluding hydrogens is 234 g/mol. The van der Waals surface area contributed by atoms with E-state index in [0.29, 0.717) is 0 Å². The predicted octanol–water partition coefficient (Wildman–Crippen LogP) is 2.99. The number of hydrogen-bond acceptors (Lipinski definition) is 3. The van der Waals surface area contributed by atoms with Crippen LogP contribution in [0.25, 0.3) is 10.9 Å². The number of rotatable bonds is 2. The smallest absolute Gasteiger partial charge is 0.0705 e. The third-order valence-corrected chi connectivity index (χ3v) is 3.31. The molecule has 0 aliphatic rings. The lowest BCUT2D eigenvalue weighted by molar-refractivity contribution is 0.868. The van der Waals surface area contributed by atoms with Gasteiger partial charge in [0.05, 0.1) is 11.6 Å². The third-order valence-electron chi connectivity index (χ3n) is 3.31. The van der Waals surface area contributed by atoms with Crippen molar-refractivity contribution in [2.45, 2.75) is 13.0 Å². The van der Waals surface area contributed by atoms with Crippen molar-refractivity contribution in [2.75, 3.05) is 0 Å². The van der Waals surface area contributed by atoms with Gasteiger partial charge < -0.3 is 5.73 Å². The number of fused-ring (bicyclic) bond motifs is 1. The molecule has 0 bridgehead atoms. The van der Waals surface area contributed by atoms with Crippen LogP contribution in [0.15, 0.2) is 54.9 Å². The highest BCUT2D eigenvalue weighted by molar-refractivity contribution is 5.82. The van der Waals surface area contributed by atoms with Gasteiger partial charge >= 0.3 is 0 Å².